The van der Waals surface area contributed by atoms with Crippen LogP contribution in [0.2, 0.25) is 5.02 Å². The smallest absolute Gasteiger partial charge is 0.325 e. The van der Waals surface area contributed by atoms with Gasteiger partial charge in [0.05, 0.1) is 6.04 Å². The summed E-state index contributed by atoms with van der Waals surface area (Å²) in [5.74, 6) is 0.788. The van der Waals surface area contributed by atoms with Crippen LogP contribution in [0.25, 0.3) is 0 Å². The van der Waals surface area contributed by atoms with Crippen LogP contribution in [0.4, 0.5) is 10.5 Å². The number of carbonyl (C=O) groups excluding carboxylic acids is 3. The average Bonchev–Trinajstić information content (AvgIpc) is 2.83. The molecule has 174 valence electrons. The fraction of sp³-hybridized carbons (Fsp3) is 0.375. The van der Waals surface area contributed by atoms with Crippen molar-refractivity contribution in [1.82, 2.24) is 10.2 Å². The van der Waals surface area contributed by atoms with Gasteiger partial charge in [-0.05, 0) is 69.3 Å². The van der Waals surface area contributed by atoms with Gasteiger partial charge in [-0.25, -0.2) is 4.79 Å². The fourth-order valence-corrected chi connectivity index (χ4v) is 4.19. The first-order valence-electron chi connectivity index (χ1n) is 11.0. The molecule has 1 fully saturated rings. The van der Waals surface area contributed by atoms with E-state index in [-0.39, 0.29) is 11.7 Å². The summed E-state index contributed by atoms with van der Waals surface area (Å²) in [5.41, 5.74) is 1.15. The third-order valence-electron chi connectivity index (χ3n) is 5.99. The normalized spacial score (nSPS) is 17.2. The molecule has 0 radical (unpaired) electrons. The number of rotatable bonds is 5. The summed E-state index contributed by atoms with van der Waals surface area (Å²) in [6, 6.07) is 10.9. The number of urea groups is 1. The highest BCUT2D eigenvalue weighted by molar-refractivity contribution is 6.30. The predicted octanol–water partition coefficient (Wildman–Crippen LogP) is 3.74. The van der Waals surface area contributed by atoms with E-state index in [1.54, 1.807) is 49.4 Å². The number of nitrogens with zero attached hydrogens (tertiary/aromatic N) is 1. The highest BCUT2D eigenvalue weighted by Gasteiger charge is 2.30. The Bertz CT molecular complexity index is 1030. The lowest BCUT2D eigenvalue weighted by Crippen LogP contribution is -2.50. The molecule has 0 spiro atoms. The summed E-state index contributed by atoms with van der Waals surface area (Å²) < 4.78 is 11.0. The van der Waals surface area contributed by atoms with Gasteiger partial charge in [-0.15, -0.1) is 0 Å². The van der Waals surface area contributed by atoms with E-state index in [1.807, 2.05) is 4.90 Å². The third kappa shape index (κ3) is 5.64. The van der Waals surface area contributed by atoms with Crippen molar-refractivity contribution in [3.05, 3.63) is 53.1 Å². The van der Waals surface area contributed by atoms with E-state index in [2.05, 4.69) is 10.6 Å². The number of hydrogen-bond donors (Lipinski definition) is 2. The number of imide groups is 1. The summed E-state index contributed by atoms with van der Waals surface area (Å²) in [5, 5.41) is 5.63. The van der Waals surface area contributed by atoms with Gasteiger partial charge in [0.2, 0.25) is 5.91 Å². The van der Waals surface area contributed by atoms with Crippen LogP contribution in [0.15, 0.2) is 42.5 Å². The Kier molecular flexibility index (Phi) is 7.15. The molecule has 2 heterocycles. The lowest BCUT2D eigenvalue weighted by Gasteiger charge is -2.34. The van der Waals surface area contributed by atoms with Crippen LogP contribution >= 0.6 is 11.6 Å². The van der Waals surface area contributed by atoms with Crippen LogP contribution in [-0.2, 0) is 4.79 Å². The molecule has 0 bridgehead atoms. The maximum Gasteiger partial charge on any atom is 0.325 e. The molecule has 2 aliphatic heterocycles. The number of piperidine rings is 1. The number of ketones is 1. The molecule has 8 nitrogen and oxygen atoms in total. The summed E-state index contributed by atoms with van der Waals surface area (Å²) >= 11 is 5.90. The maximum absolute atomic E-state index is 12.7. The minimum Gasteiger partial charge on any atom is -0.486 e. The number of carbonyl (C=O) groups is 3. The average molecular weight is 472 g/mol. The van der Waals surface area contributed by atoms with Crippen molar-refractivity contribution in [1.29, 1.82) is 0 Å². The van der Waals surface area contributed by atoms with E-state index in [0.29, 0.717) is 66.9 Å². The first kappa shape index (κ1) is 23.1. The van der Waals surface area contributed by atoms with E-state index >= 15 is 0 Å². The topological polar surface area (TPSA) is 97.0 Å². The highest BCUT2D eigenvalue weighted by atomic mass is 35.5. The molecular formula is C24H26ClN3O5. The SMILES string of the molecule is CC(C(=O)NC(=O)Nc1ccc2c(c1)OCCO2)N1CCC(C(=O)c2ccc(Cl)cc2)CC1. The van der Waals surface area contributed by atoms with Gasteiger partial charge >= 0.3 is 6.03 Å². The zero-order valence-corrected chi connectivity index (χ0v) is 19.1. The number of anilines is 1. The van der Waals surface area contributed by atoms with Crippen molar-refractivity contribution in [2.45, 2.75) is 25.8 Å². The summed E-state index contributed by atoms with van der Waals surface area (Å²) in [7, 11) is 0. The number of Topliss-reactive ketones (excluding diaryl/α,β-unsaturated/α-hetero) is 1. The van der Waals surface area contributed by atoms with Gasteiger partial charge in [0.15, 0.2) is 17.3 Å². The van der Waals surface area contributed by atoms with E-state index in [9.17, 15) is 14.4 Å². The van der Waals surface area contributed by atoms with Gasteiger partial charge in [-0.1, -0.05) is 11.6 Å². The quantitative estimate of drug-likeness (QED) is 0.645. The van der Waals surface area contributed by atoms with Gasteiger partial charge in [-0.2, -0.15) is 0 Å². The van der Waals surface area contributed by atoms with E-state index in [0.717, 1.165) is 0 Å². The Morgan fingerprint density at radius 2 is 1.67 bits per heavy atom. The van der Waals surface area contributed by atoms with Crippen LogP contribution in [-0.4, -0.2) is 55.0 Å². The van der Waals surface area contributed by atoms with Gasteiger partial charge < -0.3 is 14.8 Å². The number of hydrogen-bond acceptors (Lipinski definition) is 6. The molecule has 0 aliphatic carbocycles. The molecule has 4 rings (SSSR count). The van der Waals surface area contributed by atoms with Crippen molar-refractivity contribution in [2.75, 3.05) is 31.6 Å². The molecule has 2 N–H and O–H groups in total. The largest absolute Gasteiger partial charge is 0.486 e. The van der Waals surface area contributed by atoms with Gasteiger partial charge in [0.1, 0.15) is 13.2 Å². The molecule has 9 heteroatoms. The molecule has 1 unspecified atom stereocenters. The number of ether oxygens (including phenoxy) is 2. The molecule has 3 amide bonds. The standard InChI is InChI=1S/C24H26ClN3O5/c1-15(28-10-8-17(9-11-28)22(29)16-2-4-18(25)5-3-16)23(30)27-24(31)26-19-6-7-20-21(14-19)33-13-12-32-20/h2-7,14-15,17H,8-13H2,1H3,(H2,26,27,30,31). The van der Waals surface area contributed by atoms with Crippen molar-refractivity contribution in [3.63, 3.8) is 0 Å². The first-order valence-corrected chi connectivity index (χ1v) is 11.3. The molecule has 0 saturated carbocycles. The van der Waals surface area contributed by atoms with Crippen molar-refractivity contribution < 1.29 is 23.9 Å². The Balaban J connectivity index is 1.26. The number of nitrogens with one attached hydrogen (secondary N) is 2. The monoisotopic (exact) mass is 471 g/mol. The number of fused-ring (bicyclic) bond motifs is 1. The first-order chi connectivity index (χ1) is 15.9. The fourth-order valence-electron chi connectivity index (χ4n) is 4.06. The van der Waals surface area contributed by atoms with Crippen LogP contribution in [0.5, 0.6) is 11.5 Å². The third-order valence-corrected chi connectivity index (χ3v) is 6.24. The number of halogens is 1. The Hall–Kier alpha value is -3.10. The molecule has 1 atom stereocenters. The Morgan fingerprint density at radius 3 is 2.36 bits per heavy atom. The zero-order valence-electron chi connectivity index (χ0n) is 18.3. The molecule has 1 saturated heterocycles. The van der Waals surface area contributed by atoms with E-state index in [1.165, 1.54) is 0 Å². The van der Waals surface area contributed by atoms with E-state index in [4.69, 9.17) is 21.1 Å². The summed E-state index contributed by atoms with van der Waals surface area (Å²) in [6.07, 6.45) is 1.31. The number of amides is 3. The minimum absolute atomic E-state index is 0.0869. The minimum atomic E-state index is -0.615. The van der Waals surface area contributed by atoms with Gasteiger partial charge in [0.25, 0.3) is 0 Å². The second-order valence-corrected chi connectivity index (χ2v) is 8.60. The molecule has 33 heavy (non-hydrogen) atoms. The molecule has 2 aromatic carbocycles. The second-order valence-electron chi connectivity index (χ2n) is 8.16. The maximum atomic E-state index is 12.7. The molecular weight excluding hydrogens is 446 g/mol. The van der Waals surface area contributed by atoms with Gasteiger partial charge in [-0.3, -0.25) is 19.8 Å². The van der Waals surface area contributed by atoms with Crippen LogP contribution < -0.4 is 20.1 Å². The molecule has 2 aromatic rings. The van der Waals surface area contributed by atoms with Gasteiger partial charge in [0, 0.05) is 28.3 Å². The zero-order chi connectivity index (χ0) is 23.4. The molecule has 2 aliphatic rings. The van der Waals surface area contributed by atoms with Crippen molar-refractivity contribution >= 4 is 35.0 Å². The lowest BCUT2D eigenvalue weighted by molar-refractivity contribution is -0.125. The van der Waals surface area contributed by atoms with E-state index < -0.39 is 18.0 Å². The highest BCUT2D eigenvalue weighted by Crippen LogP contribution is 2.32. The van der Waals surface area contributed by atoms with Crippen molar-refractivity contribution in [3.8, 4) is 11.5 Å². The predicted molar refractivity (Wildman–Crippen MR) is 124 cm³/mol. The van der Waals surface area contributed by atoms with Crippen LogP contribution in [0, 0.1) is 5.92 Å². The Labute approximate surface area is 197 Å². The lowest BCUT2D eigenvalue weighted by atomic mass is 9.88. The number of benzene rings is 2. The second kappa shape index (κ2) is 10.2. The molecule has 0 aromatic heterocycles. The Morgan fingerprint density at radius 1 is 1.00 bits per heavy atom. The summed E-state index contributed by atoms with van der Waals surface area (Å²) in [4.78, 5) is 39.6. The number of likely N-dealkylation sites (tertiary alicyclic amines) is 1. The van der Waals surface area contributed by atoms with Crippen molar-refractivity contribution in [2.24, 2.45) is 5.92 Å². The van der Waals surface area contributed by atoms with Crippen LogP contribution in [0.3, 0.4) is 0 Å². The van der Waals surface area contributed by atoms with Crippen LogP contribution in [0.1, 0.15) is 30.1 Å². The summed E-state index contributed by atoms with van der Waals surface area (Å²) in [6.45, 7) is 3.89.